The van der Waals surface area contributed by atoms with Crippen molar-refractivity contribution in [2.45, 2.75) is 37.8 Å². The fourth-order valence-corrected chi connectivity index (χ4v) is 3.94. The molecule has 2 heterocycles. The van der Waals surface area contributed by atoms with Gasteiger partial charge in [-0.05, 0) is 48.8 Å². The Kier molecular flexibility index (Phi) is 5.31. The van der Waals surface area contributed by atoms with Gasteiger partial charge in [-0.3, -0.25) is 4.90 Å². The Balaban J connectivity index is 1.68. The fourth-order valence-electron chi connectivity index (χ4n) is 3.94. The minimum Gasteiger partial charge on any atom is -0.395 e. The van der Waals surface area contributed by atoms with Gasteiger partial charge >= 0.3 is 0 Å². The number of aliphatic hydroxyl groups is 2. The highest BCUT2D eigenvalue weighted by molar-refractivity contribution is 5.19. The van der Waals surface area contributed by atoms with Crippen LogP contribution in [0.5, 0.6) is 0 Å². The highest BCUT2D eigenvalue weighted by atomic mass is 19.1. The summed E-state index contributed by atoms with van der Waals surface area (Å²) in [5.74, 6) is -0.298. The topological polar surface area (TPSA) is 52.9 Å². The number of benzene rings is 1. The van der Waals surface area contributed by atoms with Crippen LogP contribution < -0.4 is 0 Å². The quantitative estimate of drug-likeness (QED) is 0.891. The van der Waals surface area contributed by atoms with Gasteiger partial charge in [-0.25, -0.2) is 4.39 Å². The Morgan fingerprint density at radius 2 is 1.91 bits per heavy atom. The Hall–Kier alpha value is -1.01. The molecule has 2 N–H and O–H groups in total. The molecule has 5 heteroatoms. The van der Waals surface area contributed by atoms with Crippen LogP contribution in [0.25, 0.3) is 0 Å². The van der Waals surface area contributed by atoms with Gasteiger partial charge in [0, 0.05) is 32.3 Å². The zero-order chi connectivity index (χ0) is 16.3. The van der Waals surface area contributed by atoms with Gasteiger partial charge in [0.2, 0.25) is 0 Å². The van der Waals surface area contributed by atoms with Crippen LogP contribution in [0.2, 0.25) is 0 Å². The Bertz CT molecular complexity index is 501. The largest absolute Gasteiger partial charge is 0.395 e. The number of rotatable bonds is 4. The second-order valence-electron chi connectivity index (χ2n) is 6.98. The van der Waals surface area contributed by atoms with Crippen molar-refractivity contribution < 1.29 is 19.3 Å². The van der Waals surface area contributed by atoms with Gasteiger partial charge in [-0.15, -0.1) is 0 Å². The van der Waals surface area contributed by atoms with E-state index in [4.69, 9.17) is 4.74 Å². The van der Waals surface area contributed by atoms with Crippen LogP contribution >= 0.6 is 0 Å². The summed E-state index contributed by atoms with van der Waals surface area (Å²) in [5.41, 5.74) is 0.974. The molecule has 23 heavy (non-hydrogen) atoms. The van der Waals surface area contributed by atoms with Gasteiger partial charge in [0.15, 0.2) is 0 Å². The van der Waals surface area contributed by atoms with Crippen LogP contribution in [-0.2, 0) is 4.74 Å². The molecule has 2 atom stereocenters. The average molecular weight is 323 g/mol. The van der Waals surface area contributed by atoms with E-state index in [1.165, 1.54) is 12.1 Å². The van der Waals surface area contributed by atoms with Crippen molar-refractivity contribution in [3.63, 3.8) is 0 Å². The summed E-state index contributed by atoms with van der Waals surface area (Å²) in [6, 6.07) is 6.10. The van der Waals surface area contributed by atoms with Crippen molar-refractivity contribution in [2.75, 3.05) is 32.9 Å². The first-order valence-electron chi connectivity index (χ1n) is 8.48. The maximum atomic E-state index is 13.0. The maximum Gasteiger partial charge on any atom is 0.123 e. The summed E-state index contributed by atoms with van der Waals surface area (Å²) in [5, 5.41) is 20.2. The number of hydrogen-bond acceptors (Lipinski definition) is 4. The molecule has 0 saturated carbocycles. The van der Waals surface area contributed by atoms with Gasteiger partial charge < -0.3 is 14.9 Å². The van der Waals surface area contributed by atoms with Crippen molar-refractivity contribution in [1.29, 1.82) is 0 Å². The molecule has 0 aliphatic carbocycles. The third-order valence-corrected chi connectivity index (χ3v) is 5.49. The molecule has 2 aliphatic heterocycles. The normalized spacial score (nSPS) is 26.3. The number of hydrogen-bond donors (Lipinski definition) is 2. The van der Waals surface area contributed by atoms with Crippen LogP contribution in [0.3, 0.4) is 0 Å². The molecule has 0 aromatic heterocycles. The van der Waals surface area contributed by atoms with E-state index in [9.17, 15) is 14.6 Å². The number of aliphatic hydroxyl groups excluding tert-OH is 2. The van der Waals surface area contributed by atoms with E-state index < -0.39 is 6.10 Å². The molecule has 2 aliphatic rings. The molecule has 4 nitrogen and oxygen atoms in total. The Labute approximate surface area is 136 Å². The first kappa shape index (κ1) is 16.8. The third-order valence-electron chi connectivity index (χ3n) is 5.49. The van der Waals surface area contributed by atoms with Crippen LogP contribution in [0.1, 0.15) is 37.4 Å². The van der Waals surface area contributed by atoms with E-state index in [1.54, 1.807) is 12.1 Å². The SMILES string of the molecule is OCC1CCC2(CCOCC2)CN1CC(O)c1ccc(F)cc1. The summed E-state index contributed by atoms with van der Waals surface area (Å²) in [7, 11) is 0. The predicted molar refractivity (Wildman–Crippen MR) is 85.5 cm³/mol. The lowest BCUT2D eigenvalue weighted by Gasteiger charge is -2.48. The zero-order valence-electron chi connectivity index (χ0n) is 13.5. The number of β-amino-alcohol motifs (C(OH)–C–C–N with tert-alkyl or cyclic N) is 1. The number of ether oxygens (including phenoxy) is 1. The number of nitrogens with zero attached hydrogens (tertiary/aromatic N) is 1. The number of halogens is 1. The fraction of sp³-hybridized carbons (Fsp3) is 0.667. The molecule has 3 rings (SSSR count). The Morgan fingerprint density at radius 3 is 2.57 bits per heavy atom. The highest BCUT2D eigenvalue weighted by Gasteiger charge is 2.40. The van der Waals surface area contributed by atoms with E-state index in [2.05, 4.69) is 4.90 Å². The van der Waals surface area contributed by atoms with Crippen molar-refractivity contribution in [3.05, 3.63) is 35.6 Å². The number of likely N-dealkylation sites (tertiary alicyclic amines) is 1. The molecule has 2 unspecified atom stereocenters. The molecule has 1 aromatic rings. The molecule has 128 valence electrons. The van der Waals surface area contributed by atoms with Crippen molar-refractivity contribution >= 4 is 0 Å². The monoisotopic (exact) mass is 323 g/mol. The molecule has 1 aromatic carbocycles. The van der Waals surface area contributed by atoms with Crippen molar-refractivity contribution in [3.8, 4) is 0 Å². The lowest BCUT2D eigenvalue weighted by atomic mass is 9.72. The standard InChI is InChI=1S/C18H26FNO3/c19-15-3-1-14(2-4-15)17(22)11-20-13-18(6-5-16(20)12-21)7-9-23-10-8-18/h1-4,16-17,21-22H,5-13H2. The molecular weight excluding hydrogens is 297 g/mol. The van der Waals surface area contributed by atoms with Crippen LogP contribution in [-0.4, -0.2) is 54.1 Å². The molecule has 2 saturated heterocycles. The van der Waals surface area contributed by atoms with Crippen LogP contribution in [0, 0.1) is 11.2 Å². The smallest absolute Gasteiger partial charge is 0.123 e. The van der Waals surface area contributed by atoms with E-state index in [1.807, 2.05) is 0 Å². The van der Waals surface area contributed by atoms with Gasteiger partial charge in [-0.1, -0.05) is 12.1 Å². The van der Waals surface area contributed by atoms with Gasteiger partial charge in [0.1, 0.15) is 5.82 Å². The van der Waals surface area contributed by atoms with E-state index in [0.717, 1.165) is 51.0 Å². The van der Waals surface area contributed by atoms with Crippen molar-refractivity contribution in [1.82, 2.24) is 4.90 Å². The summed E-state index contributed by atoms with van der Waals surface area (Å²) in [4.78, 5) is 2.21. The van der Waals surface area contributed by atoms with Crippen molar-refractivity contribution in [2.24, 2.45) is 5.41 Å². The van der Waals surface area contributed by atoms with E-state index in [-0.39, 0.29) is 23.9 Å². The van der Waals surface area contributed by atoms with Crippen LogP contribution in [0.4, 0.5) is 4.39 Å². The van der Waals surface area contributed by atoms with E-state index in [0.29, 0.717) is 6.54 Å². The summed E-state index contributed by atoms with van der Waals surface area (Å²) in [6.45, 7) is 3.08. The lowest BCUT2D eigenvalue weighted by molar-refractivity contribution is -0.0627. The lowest BCUT2D eigenvalue weighted by Crippen LogP contribution is -2.53. The van der Waals surface area contributed by atoms with Crippen LogP contribution in [0.15, 0.2) is 24.3 Å². The minimum atomic E-state index is -0.667. The zero-order valence-corrected chi connectivity index (χ0v) is 13.5. The molecule has 2 fully saturated rings. The number of piperidine rings is 1. The van der Waals surface area contributed by atoms with Gasteiger partial charge in [0.05, 0.1) is 12.7 Å². The molecular formula is C18H26FNO3. The summed E-state index contributed by atoms with van der Waals surface area (Å²) >= 11 is 0. The minimum absolute atomic E-state index is 0.0959. The molecule has 0 radical (unpaired) electrons. The second kappa shape index (κ2) is 7.26. The molecule has 1 spiro atoms. The first-order valence-corrected chi connectivity index (χ1v) is 8.48. The van der Waals surface area contributed by atoms with Gasteiger partial charge in [-0.2, -0.15) is 0 Å². The van der Waals surface area contributed by atoms with E-state index >= 15 is 0 Å². The summed E-state index contributed by atoms with van der Waals surface area (Å²) < 4.78 is 18.5. The van der Waals surface area contributed by atoms with Gasteiger partial charge in [0.25, 0.3) is 0 Å². The first-order chi connectivity index (χ1) is 11.1. The third kappa shape index (κ3) is 3.91. The highest BCUT2D eigenvalue weighted by Crippen LogP contribution is 2.41. The summed E-state index contributed by atoms with van der Waals surface area (Å²) in [6.07, 6.45) is 3.50. The Morgan fingerprint density at radius 1 is 1.22 bits per heavy atom. The predicted octanol–water partition coefficient (Wildman–Crippen LogP) is 2.11. The molecule has 0 amide bonds. The second-order valence-corrected chi connectivity index (χ2v) is 6.98. The maximum absolute atomic E-state index is 13.0. The average Bonchev–Trinajstić information content (AvgIpc) is 2.56. The molecule has 0 bridgehead atoms.